The number of rotatable bonds is 5. The Morgan fingerprint density at radius 3 is 2.67 bits per heavy atom. The minimum Gasteiger partial charge on any atom is -0.508 e. The predicted octanol–water partition coefficient (Wildman–Crippen LogP) is 2.19. The monoisotopic (exact) mass is 247 g/mol. The standard InChI is InChI=1S/C13H17N3O2/c1-9(2)7-14-8-12-15-13(16-18-12)10-3-5-11(17)6-4-10/h3-6,9,14,17H,7-8H2,1-2H3. The molecule has 0 aliphatic carbocycles. The van der Waals surface area contributed by atoms with Gasteiger partial charge in [-0.2, -0.15) is 4.98 Å². The number of phenols is 1. The van der Waals surface area contributed by atoms with Gasteiger partial charge in [-0.3, -0.25) is 0 Å². The Morgan fingerprint density at radius 2 is 2.00 bits per heavy atom. The summed E-state index contributed by atoms with van der Waals surface area (Å²) in [7, 11) is 0. The third-order valence-electron chi connectivity index (χ3n) is 2.42. The number of hydrogen-bond donors (Lipinski definition) is 2. The Labute approximate surface area is 106 Å². The van der Waals surface area contributed by atoms with Crippen LogP contribution in [0.4, 0.5) is 0 Å². The van der Waals surface area contributed by atoms with Crippen molar-refractivity contribution in [2.45, 2.75) is 20.4 Å². The first-order chi connectivity index (χ1) is 8.65. The van der Waals surface area contributed by atoms with E-state index in [1.807, 2.05) is 0 Å². The first-order valence-corrected chi connectivity index (χ1v) is 5.98. The average Bonchev–Trinajstić information content (AvgIpc) is 2.78. The Bertz CT molecular complexity index is 491. The molecular weight excluding hydrogens is 230 g/mol. The molecule has 0 unspecified atom stereocenters. The highest BCUT2D eigenvalue weighted by molar-refractivity contribution is 5.55. The van der Waals surface area contributed by atoms with Crippen LogP contribution in [0.15, 0.2) is 28.8 Å². The summed E-state index contributed by atoms with van der Waals surface area (Å²) >= 11 is 0. The first kappa shape index (κ1) is 12.6. The smallest absolute Gasteiger partial charge is 0.240 e. The van der Waals surface area contributed by atoms with Crippen molar-refractivity contribution in [3.05, 3.63) is 30.2 Å². The number of aromatic hydroxyl groups is 1. The van der Waals surface area contributed by atoms with Crippen molar-refractivity contribution >= 4 is 0 Å². The van der Waals surface area contributed by atoms with Crippen LogP contribution in [-0.2, 0) is 6.54 Å². The van der Waals surface area contributed by atoms with Gasteiger partial charge in [-0.1, -0.05) is 19.0 Å². The minimum atomic E-state index is 0.223. The van der Waals surface area contributed by atoms with E-state index in [-0.39, 0.29) is 5.75 Å². The number of benzene rings is 1. The van der Waals surface area contributed by atoms with Crippen molar-refractivity contribution in [3.63, 3.8) is 0 Å². The van der Waals surface area contributed by atoms with Crippen LogP contribution in [0, 0.1) is 5.92 Å². The molecule has 5 nitrogen and oxygen atoms in total. The summed E-state index contributed by atoms with van der Waals surface area (Å²) in [4.78, 5) is 4.29. The van der Waals surface area contributed by atoms with E-state index >= 15 is 0 Å². The van der Waals surface area contributed by atoms with Gasteiger partial charge in [-0.05, 0) is 36.7 Å². The molecule has 0 aliphatic rings. The van der Waals surface area contributed by atoms with Crippen LogP contribution in [0.3, 0.4) is 0 Å². The highest BCUT2D eigenvalue weighted by Gasteiger charge is 2.08. The molecule has 2 N–H and O–H groups in total. The van der Waals surface area contributed by atoms with E-state index in [0.717, 1.165) is 12.1 Å². The molecule has 0 radical (unpaired) electrons. The molecule has 0 saturated carbocycles. The maximum Gasteiger partial charge on any atom is 0.240 e. The summed E-state index contributed by atoms with van der Waals surface area (Å²) in [5.41, 5.74) is 0.826. The molecule has 96 valence electrons. The van der Waals surface area contributed by atoms with Crippen molar-refractivity contribution in [1.29, 1.82) is 0 Å². The van der Waals surface area contributed by atoms with Crippen molar-refractivity contribution < 1.29 is 9.63 Å². The largest absolute Gasteiger partial charge is 0.508 e. The van der Waals surface area contributed by atoms with Crippen LogP contribution in [0.25, 0.3) is 11.4 Å². The number of hydrogen-bond acceptors (Lipinski definition) is 5. The highest BCUT2D eigenvalue weighted by Crippen LogP contribution is 2.18. The van der Waals surface area contributed by atoms with E-state index in [1.165, 1.54) is 0 Å². The number of phenolic OH excluding ortho intramolecular Hbond substituents is 1. The van der Waals surface area contributed by atoms with Crippen LogP contribution in [0.5, 0.6) is 5.75 Å². The van der Waals surface area contributed by atoms with E-state index < -0.39 is 0 Å². The lowest BCUT2D eigenvalue weighted by atomic mass is 10.2. The molecule has 2 rings (SSSR count). The number of aromatic nitrogens is 2. The normalized spacial score (nSPS) is 11.1. The maximum absolute atomic E-state index is 9.20. The Kier molecular flexibility index (Phi) is 3.94. The average molecular weight is 247 g/mol. The molecule has 18 heavy (non-hydrogen) atoms. The second-order valence-electron chi connectivity index (χ2n) is 4.58. The molecule has 0 spiro atoms. The molecule has 0 amide bonds. The molecule has 0 atom stereocenters. The third-order valence-corrected chi connectivity index (χ3v) is 2.42. The lowest BCUT2D eigenvalue weighted by molar-refractivity contribution is 0.364. The van der Waals surface area contributed by atoms with Crippen molar-refractivity contribution in [2.75, 3.05) is 6.54 Å². The van der Waals surface area contributed by atoms with Gasteiger partial charge in [0.2, 0.25) is 11.7 Å². The molecule has 1 aromatic heterocycles. The van der Waals surface area contributed by atoms with Gasteiger partial charge in [0.25, 0.3) is 0 Å². The van der Waals surface area contributed by atoms with Gasteiger partial charge in [-0.15, -0.1) is 0 Å². The fourth-order valence-corrected chi connectivity index (χ4v) is 1.52. The molecule has 0 bridgehead atoms. The highest BCUT2D eigenvalue weighted by atomic mass is 16.5. The zero-order valence-corrected chi connectivity index (χ0v) is 10.6. The van der Waals surface area contributed by atoms with Gasteiger partial charge in [0.1, 0.15) is 5.75 Å². The zero-order chi connectivity index (χ0) is 13.0. The minimum absolute atomic E-state index is 0.223. The van der Waals surface area contributed by atoms with Crippen molar-refractivity contribution in [3.8, 4) is 17.1 Å². The second-order valence-corrected chi connectivity index (χ2v) is 4.58. The molecule has 0 aliphatic heterocycles. The van der Waals surface area contributed by atoms with Crippen LogP contribution in [0.2, 0.25) is 0 Å². The molecule has 0 saturated heterocycles. The van der Waals surface area contributed by atoms with E-state index in [9.17, 15) is 5.11 Å². The Balaban J connectivity index is 1.99. The van der Waals surface area contributed by atoms with Crippen LogP contribution >= 0.6 is 0 Å². The predicted molar refractivity (Wildman–Crippen MR) is 67.9 cm³/mol. The van der Waals surface area contributed by atoms with E-state index in [0.29, 0.717) is 24.2 Å². The van der Waals surface area contributed by atoms with Gasteiger partial charge < -0.3 is 14.9 Å². The number of nitrogens with one attached hydrogen (secondary N) is 1. The van der Waals surface area contributed by atoms with E-state index in [2.05, 4.69) is 29.3 Å². The summed E-state index contributed by atoms with van der Waals surface area (Å²) < 4.78 is 5.14. The maximum atomic E-state index is 9.20. The summed E-state index contributed by atoms with van der Waals surface area (Å²) in [6.45, 7) is 5.77. The molecule has 1 aromatic carbocycles. The quantitative estimate of drug-likeness (QED) is 0.847. The van der Waals surface area contributed by atoms with E-state index in [1.54, 1.807) is 24.3 Å². The lowest BCUT2D eigenvalue weighted by Crippen LogP contribution is -2.19. The summed E-state index contributed by atoms with van der Waals surface area (Å²) in [6.07, 6.45) is 0. The van der Waals surface area contributed by atoms with Gasteiger partial charge >= 0.3 is 0 Å². The van der Waals surface area contributed by atoms with Crippen LogP contribution in [-0.4, -0.2) is 21.8 Å². The summed E-state index contributed by atoms with van der Waals surface area (Å²) in [5, 5.41) is 16.3. The van der Waals surface area contributed by atoms with Gasteiger partial charge in [0, 0.05) is 5.56 Å². The number of nitrogens with zero attached hydrogens (tertiary/aromatic N) is 2. The zero-order valence-electron chi connectivity index (χ0n) is 10.6. The fraction of sp³-hybridized carbons (Fsp3) is 0.385. The molecular formula is C13H17N3O2. The lowest BCUT2D eigenvalue weighted by Gasteiger charge is -2.03. The molecule has 0 fully saturated rings. The Morgan fingerprint density at radius 1 is 1.28 bits per heavy atom. The van der Waals surface area contributed by atoms with Gasteiger partial charge in [0.15, 0.2) is 0 Å². The van der Waals surface area contributed by atoms with Gasteiger partial charge in [-0.25, -0.2) is 0 Å². The third kappa shape index (κ3) is 3.30. The summed E-state index contributed by atoms with van der Waals surface area (Å²) in [5.74, 6) is 1.92. The SMILES string of the molecule is CC(C)CNCc1nc(-c2ccc(O)cc2)no1. The second kappa shape index (κ2) is 5.64. The van der Waals surface area contributed by atoms with Crippen LogP contribution in [0.1, 0.15) is 19.7 Å². The van der Waals surface area contributed by atoms with Crippen molar-refractivity contribution in [1.82, 2.24) is 15.5 Å². The topological polar surface area (TPSA) is 71.2 Å². The molecule has 2 aromatic rings. The molecule has 5 heteroatoms. The summed E-state index contributed by atoms with van der Waals surface area (Å²) in [6, 6.07) is 6.71. The Hall–Kier alpha value is -1.88. The van der Waals surface area contributed by atoms with Gasteiger partial charge in [0.05, 0.1) is 6.54 Å². The van der Waals surface area contributed by atoms with Crippen LogP contribution < -0.4 is 5.32 Å². The fourth-order valence-electron chi connectivity index (χ4n) is 1.52. The molecule has 1 heterocycles. The van der Waals surface area contributed by atoms with Crippen molar-refractivity contribution in [2.24, 2.45) is 5.92 Å². The van der Waals surface area contributed by atoms with E-state index in [4.69, 9.17) is 4.52 Å². The first-order valence-electron chi connectivity index (χ1n) is 5.98.